The van der Waals surface area contributed by atoms with Crippen molar-refractivity contribution in [3.63, 3.8) is 0 Å². The average Bonchev–Trinajstić information content (AvgIpc) is 2.45. The predicted molar refractivity (Wildman–Crippen MR) is 57.1 cm³/mol. The van der Waals surface area contributed by atoms with Gasteiger partial charge in [-0.25, -0.2) is 4.68 Å². The number of anilines is 1. The van der Waals surface area contributed by atoms with E-state index in [1.165, 1.54) is 0 Å². The van der Waals surface area contributed by atoms with Crippen molar-refractivity contribution >= 4 is 5.82 Å². The Balaban J connectivity index is 2.58. The third-order valence-electron chi connectivity index (χ3n) is 2.55. The molecule has 0 aliphatic heterocycles. The number of rotatable bonds is 4. The molecule has 0 saturated carbocycles. The summed E-state index contributed by atoms with van der Waals surface area (Å²) in [6.07, 6.45) is 2.68. The maximum absolute atomic E-state index is 5.83. The number of aryl methyl sites for hydroxylation is 2. The Kier molecular flexibility index (Phi) is 3.16. The molecule has 1 rings (SSSR count). The van der Waals surface area contributed by atoms with Gasteiger partial charge in [-0.05, 0) is 27.2 Å². The summed E-state index contributed by atoms with van der Waals surface area (Å²) in [7, 11) is 1.72. The minimum absolute atomic E-state index is 0.119. The van der Waals surface area contributed by atoms with Crippen molar-refractivity contribution in [2.24, 2.45) is 0 Å². The van der Waals surface area contributed by atoms with Gasteiger partial charge in [-0.2, -0.15) is 5.10 Å². The van der Waals surface area contributed by atoms with Gasteiger partial charge in [-0.15, -0.1) is 0 Å². The van der Waals surface area contributed by atoms with Gasteiger partial charge in [0.2, 0.25) is 0 Å². The van der Waals surface area contributed by atoms with Crippen molar-refractivity contribution < 1.29 is 4.74 Å². The second kappa shape index (κ2) is 4.00. The summed E-state index contributed by atoms with van der Waals surface area (Å²) < 4.78 is 7.14. The summed E-state index contributed by atoms with van der Waals surface area (Å²) in [6.45, 7) is 6.86. The van der Waals surface area contributed by atoms with E-state index in [-0.39, 0.29) is 5.60 Å². The molecule has 1 aromatic heterocycles. The van der Waals surface area contributed by atoms with E-state index in [4.69, 9.17) is 10.5 Å². The Bertz CT molecular complexity index is 304. The van der Waals surface area contributed by atoms with E-state index < -0.39 is 0 Å². The molecule has 4 heteroatoms. The lowest BCUT2D eigenvalue weighted by Gasteiger charge is -2.22. The van der Waals surface area contributed by atoms with E-state index in [0.717, 1.165) is 24.3 Å². The van der Waals surface area contributed by atoms with E-state index >= 15 is 0 Å². The Morgan fingerprint density at radius 3 is 2.64 bits per heavy atom. The molecule has 0 saturated heterocycles. The van der Waals surface area contributed by atoms with E-state index in [2.05, 4.69) is 18.9 Å². The number of hydrogen-bond donors (Lipinski definition) is 1. The monoisotopic (exact) mass is 197 g/mol. The molecule has 0 aromatic carbocycles. The van der Waals surface area contributed by atoms with Crippen LogP contribution in [0.4, 0.5) is 5.82 Å². The van der Waals surface area contributed by atoms with E-state index in [1.54, 1.807) is 13.3 Å². The molecule has 0 radical (unpaired) electrons. The van der Waals surface area contributed by atoms with Crippen LogP contribution in [0.5, 0.6) is 0 Å². The highest BCUT2D eigenvalue weighted by molar-refractivity contribution is 5.36. The fraction of sp³-hybridized carbons (Fsp3) is 0.700. The van der Waals surface area contributed by atoms with Crippen molar-refractivity contribution in [1.29, 1.82) is 0 Å². The van der Waals surface area contributed by atoms with Crippen molar-refractivity contribution in [3.8, 4) is 0 Å². The van der Waals surface area contributed by atoms with Crippen LogP contribution in [0.1, 0.15) is 25.8 Å². The maximum Gasteiger partial charge on any atom is 0.124 e. The lowest BCUT2D eigenvalue weighted by atomic mass is 10.1. The van der Waals surface area contributed by atoms with E-state index in [9.17, 15) is 0 Å². The molecular formula is C10H19N3O. The van der Waals surface area contributed by atoms with Gasteiger partial charge in [0.15, 0.2) is 0 Å². The predicted octanol–water partition coefficient (Wildman–Crippen LogP) is 1.59. The zero-order valence-corrected chi connectivity index (χ0v) is 9.37. The number of nitrogen functional groups attached to an aromatic ring is 1. The Morgan fingerprint density at radius 2 is 2.21 bits per heavy atom. The zero-order valence-electron chi connectivity index (χ0n) is 9.37. The highest BCUT2D eigenvalue weighted by Gasteiger charge is 2.16. The Hall–Kier alpha value is -1.03. The lowest BCUT2D eigenvalue weighted by Crippen LogP contribution is -2.25. The second-order valence-electron chi connectivity index (χ2n) is 4.15. The highest BCUT2D eigenvalue weighted by atomic mass is 16.5. The number of hydrogen-bond acceptors (Lipinski definition) is 3. The molecule has 1 heterocycles. The van der Waals surface area contributed by atoms with Crippen LogP contribution in [-0.2, 0) is 11.3 Å². The van der Waals surface area contributed by atoms with Gasteiger partial charge >= 0.3 is 0 Å². The molecule has 14 heavy (non-hydrogen) atoms. The summed E-state index contributed by atoms with van der Waals surface area (Å²) in [5.74, 6) is 0.747. The first-order chi connectivity index (χ1) is 6.46. The molecule has 0 atom stereocenters. The van der Waals surface area contributed by atoms with Crippen LogP contribution >= 0.6 is 0 Å². The quantitative estimate of drug-likeness (QED) is 0.797. The van der Waals surface area contributed by atoms with Crippen molar-refractivity contribution in [2.75, 3.05) is 12.8 Å². The largest absolute Gasteiger partial charge is 0.384 e. The first-order valence-electron chi connectivity index (χ1n) is 4.79. The van der Waals surface area contributed by atoms with Crippen LogP contribution in [0.25, 0.3) is 0 Å². The Labute approximate surface area is 85.0 Å². The summed E-state index contributed by atoms with van der Waals surface area (Å²) in [6, 6.07) is 0. The fourth-order valence-corrected chi connectivity index (χ4v) is 1.14. The van der Waals surface area contributed by atoms with Crippen LogP contribution < -0.4 is 5.73 Å². The molecule has 0 unspecified atom stereocenters. The molecule has 80 valence electrons. The SMILES string of the molecule is COC(C)(C)CCn1ncc(C)c1N. The van der Waals surface area contributed by atoms with Gasteiger partial charge in [0, 0.05) is 19.2 Å². The van der Waals surface area contributed by atoms with Crippen LogP contribution in [-0.4, -0.2) is 22.5 Å². The molecule has 0 aliphatic rings. The molecular weight excluding hydrogens is 178 g/mol. The number of methoxy groups -OCH3 is 1. The lowest BCUT2D eigenvalue weighted by molar-refractivity contribution is 0.0114. The minimum Gasteiger partial charge on any atom is -0.384 e. The van der Waals surface area contributed by atoms with Gasteiger partial charge < -0.3 is 10.5 Å². The number of nitrogens with zero attached hydrogens (tertiary/aromatic N) is 2. The van der Waals surface area contributed by atoms with Crippen LogP contribution in [0.15, 0.2) is 6.20 Å². The van der Waals surface area contributed by atoms with Crippen LogP contribution in [0.3, 0.4) is 0 Å². The summed E-state index contributed by atoms with van der Waals surface area (Å²) >= 11 is 0. The third-order valence-corrected chi connectivity index (χ3v) is 2.55. The van der Waals surface area contributed by atoms with Crippen LogP contribution in [0.2, 0.25) is 0 Å². The molecule has 2 N–H and O–H groups in total. The summed E-state index contributed by atoms with van der Waals surface area (Å²) in [5.41, 5.74) is 6.74. The average molecular weight is 197 g/mol. The number of ether oxygens (including phenoxy) is 1. The highest BCUT2D eigenvalue weighted by Crippen LogP contribution is 2.16. The normalized spacial score (nSPS) is 12.0. The Morgan fingerprint density at radius 1 is 1.57 bits per heavy atom. The van der Waals surface area contributed by atoms with Crippen LogP contribution in [0, 0.1) is 6.92 Å². The number of aromatic nitrogens is 2. The minimum atomic E-state index is -0.119. The second-order valence-corrected chi connectivity index (χ2v) is 4.15. The summed E-state index contributed by atoms with van der Waals surface area (Å²) in [5, 5.41) is 4.19. The van der Waals surface area contributed by atoms with Gasteiger partial charge in [0.25, 0.3) is 0 Å². The first-order valence-corrected chi connectivity index (χ1v) is 4.79. The van der Waals surface area contributed by atoms with Crippen molar-refractivity contribution in [2.45, 2.75) is 39.3 Å². The number of nitrogens with two attached hydrogens (primary N) is 1. The molecule has 1 aromatic rings. The van der Waals surface area contributed by atoms with Crippen molar-refractivity contribution in [1.82, 2.24) is 9.78 Å². The molecule has 0 aliphatic carbocycles. The smallest absolute Gasteiger partial charge is 0.124 e. The maximum atomic E-state index is 5.83. The van der Waals surface area contributed by atoms with Gasteiger partial charge in [-0.1, -0.05) is 0 Å². The van der Waals surface area contributed by atoms with E-state index in [0.29, 0.717) is 0 Å². The van der Waals surface area contributed by atoms with Gasteiger partial charge in [-0.3, -0.25) is 0 Å². The van der Waals surface area contributed by atoms with Crippen molar-refractivity contribution in [3.05, 3.63) is 11.8 Å². The summed E-state index contributed by atoms with van der Waals surface area (Å²) in [4.78, 5) is 0. The van der Waals surface area contributed by atoms with Gasteiger partial charge in [0.1, 0.15) is 5.82 Å². The molecule has 4 nitrogen and oxygen atoms in total. The molecule has 0 bridgehead atoms. The first kappa shape index (κ1) is 11.0. The standard InChI is InChI=1S/C10H19N3O/c1-8-7-12-13(9(8)11)6-5-10(2,3)14-4/h7H,5-6,11H2,1-4H3. The molecule has 0 spiro atoms. The zero-order chi connectivity index (χ0) is 10.8. The van der Waals surface area contributed by atoms with E-state index in [1.807, 2.05) is 11.6 Å². The third kappa shape index (κ3) is 2.48. The van der Waals surface area contributed by atoms with Gasteiger partial charge in [0.05, 0.1) is 11.8 Å². The fourth-order valence-electron chi connectivity index (χ4n) is 1.14. The topological polar surface area (TPSA) is 53.1 Å². The molecule has 0 amide bonds. The molecule has 0 fully saturated rings.